The number of hydrogen-bond donors (Lipinski definition) is 1. The number of carbonyl (C=O) groups is 1. The van der Waals surface area contributed by atoms with Gasteiger partial charge in [0.25, 0.3) is 11.5 Å². The Bertz CT molecular complexity index is 846. The molecule has 25 heavy (non-hydrogen) atoms. The largest absolute Gasteiger partial charge is 0.491 e. The number of methoxy groups -OCH3 is 1. The fourth-order valence-corrected chi connectivity index (χ4v) is 2.63. The van der Waals surface area contributed by atoms with Crippen molar-refractivity contribution in [2.75, 3.05) is 25.3 Å². The first-order valence-corrected chi connectivity index (χ1v) is 7.85. The smallest absolute Gasteiger partial charge is 0.282 e. The third-order valence-corrected chi connectivity index (χ3v) is 3.67. The number of ether oxygens (including phenoxy) is 3. The predicted molar refractivity (Wildman–Crippen MR) is 90.5 cm³/mol. The Kier molecular flexibility index (Phi) is 4.60. The number of nitrogens with one attached hydrogen (secondary N) is 1. The topological polar surface area (TPSA) is 93.8 Å². The average Bonchev–Trinajstić information content (AvgIpc) is 3.07. The molecule has 2 aromatic rings. The molecule has 2 heterocycles. The lowest BCUT2D eigenvalue weighted by Crippen LogP contribution is -2.38. The summed E-state index contributed by atoms with van der Waals surface area (Å²) in [5, 5.41) is 0. The van der Waals surface area contributed by atoms with Crippen LogP contribution < -0.4 is 24.7 Å². The number of H-pyrrole nitrogens is 1. The van der Waals surface area contributed by atoms with Crippen molar-refractivity contribution in [1.29, 1.82) is 0 Å². The van der Waals surface area contributed by atoms with Crippen LogP contribution in [0.15, 0.2) is 29.3 Å². The zero-order valence-corrected chi connectivity index (χ0v) is 14.2. The molecule has 1 aliphatic rings. The van der Waals surface area contributed by atoms with Gasteiger partial charge in [0.15, 0.2) is 17.2 Å². The van der Waals surface area contributed by atoms with Gasteiger partial charge in [-0.2, -0.15) is 0 Å². The number of aromatic amines is 1. The highest BCUT2D eigenvalue weighted by molar-refractivity contribution is 6.05. The summed E-state index contributed by atoms with van der Waals surface area (Å²) in [7, 11) is 1.49. The van der Waals surface area contributed by atoms with Gasteiger partial charge in [-0.05, 0) is 18.1 Å². The van der Waals surface area contributed by atoms with Gasteiger partial charge >= 0.3 is 0 Å². The lowest BCUT2D eigenvalue weighted by atomic mass is 10.1. The van der Waals surface area contributed by atoms with Crippen molar-refractivity contribution in [3.63, 3.8) is 0 Å². The van der Waals surface area contributed by atoms with Gasteiger partial charge in [0.2, 0.25) is 12.5 Å². The first-order chi connectivity index (χ1) is 12.0. The number of carbonyl (C=O) groups excluding carboxylic acids is 1. The van der Waals surface area contributed by atoms with Crippen LogP contribution in [0.5, 0.6) is 17.2 Å². The van der Waals surface area contributed by atoms with E-state index in [1.54, 1.807) is 12.1 Å². The van der Waals surface area contributed by atoms with Crippen LogP contribution >= 0.6 is 0 Å². The number of aromatic nitrogens is 2. The van der Waals surface area contributed by atoms with Crippen LogP contribution in [0.2, 0.25) is 0 Å². The van der Waals surface area contributed by atoms with Crippen LogP contribution in [0.4, 0.5) is 5.69 Å². The molecule has 1 aromatic heterocycles. The second kappa shape index (κ2) is 6.84. The molecule has 0 spiro atoms. The fourth-order valence-electron chi connectivity index (χ4n) is 2.63. The van der Waals surface area contributed by atoms with E-state index in [-0.39, 0.29) is 18.4 Å². The number of rotatable bonds is 5. The van der Waals surface area contributed by atoms with Gasteiger partial charge in [0, 0.05) is 18.9 Å². The molecular weight excluding hydrogens is 326 g/mol. The molecule has 0 fully saturated rings. The number of anilines is 1. The standard InChI is InChI=1S/C17H19N3O5/c1-10(2)8-20(17(22)13-16(21)19-7-6-18-13)11-4-5-12-15(14(11)23-3)25-9-24-12/h4-7,10H,8-9H2,1-3H3,(H,19,21). The van der Waals surface area contributed by atoms with E-state index in [9.17, 15) is 9.59 Å². The molecule has 0 aliphatic carbocycles. The Morgan fingerprint density at radius 1 is 1.40 bits per heavy atom. The maximum absolute atomic E-state index is 13.0. The number of amides is 1. The molecule has 132 valence electrons. The Balaban J connectivity index is 2.10. The molecule has 1 N–H and O–H groups in total. The molecule has 8 nitrogen and oxygen atoms in total. The number of benzene rings is 1. The van der Waals surface area contributed by atoms with E-state index in [0.29, 0.717) is 29.5 Å². The zero-order valence-electron chi connectivity index (χ0n) is 14.2. The molecule has 8 heteroatoms. The van der Waals surface area contributed by atoms with Gasteiger partial charge in [-0.3, -0.25) is 9.59 Å². The molecule has 0 saturated carbocycles. The molecular formula is C17H19N3O5. The highest BCUT2D eigenvalue weighted by Gasteiger charge is 2.29. The highest BCUT2D eigenvalue weighted by atomic mass is 16.7. The normalized spacial score (nSPS) is 12.3. The Morgan fingerprint density at radius 3 is 2.88 bits per heavy atom. The molecule has 0 radical (unpaired) electrons. The SMILES string of the molecule is COc1c(N(CC(C)C)C(=O)c2ncc[nH]c2=O)ccc2c1OCO2. The monoisotopic (exact) mass is 345 g/mol. The summed E-state index contributed by atoms with van der Waals surface area (Å²) >= 11 is 0. The van der Waals surface area contributed by atoms with E-state index in [1.807, 2.05) is 13.8 Å². The van der Waals surface area contributed by atoms with Gasteiger partial charge < -0.3 is 24.1 Å². The van der Waals surface area contributed by atoms with Crippen molar-refractivity contribution in [2.45, 2.75) is 13.8 Å². The van der Waals surface area contributed by atoms with E-state index in [1.165, 1.54) is 24.4 Å². The lowest BCUT2D eigenvalue weighted by Gasteiger charge is -2.26. The first-order valence-electron chi connectivity index (χ1n) is 7.85. The van der Waals surface area contributed by atoms with Gasteiger partial charge in [0.1, 0.15) is 0 Å². The quantitative estimate of drug-likeness (QED) is 0.888. The minimum Gasteiger partial charge on any atom is -0.491 e. The molecule has 0 unspecified atom stereocenters. The van der Waals surface area contributed by atoms with Crippen molar-refractivity contribution >= 4 is 11.6 Å². The summed E-state index contributed by atoms with van der Waals surface area (Å²) in [5.41, 5.74) is -0.223. The molecule has 1 amide bonds. The van der Waals surface area contributed by atoms with E-state index >= 15 is 0 Å². The fraction of sp³-hybridized carbons (Fsp3) is 0.353. The summed E-state index contributed by atoms with van der Waals surface area (Å²) in [5.74, 6) is 1.02. The summed E-state index contributed by atoms with van der Waals surface area (Å²) in [6.45, 7) is 4.42. The van der Waals surface area contributed by atoms with Crippen LogP contribution in [0.3, 0.4) is 0 Å². The zero-order chi connectivity index (χ0) is 18.0. The average molecular weight is 345 g/mol. The second-order valence-corrected chi connectivity index (χ2v) is 5.93. The lowest BCUT2D eigenvalue weighted by molar-refractivity contribution is 0.0976. The minimum absolute atomic E-state index is 0.0905. The van der Waals surface area contributed by atoms with Crippen LogP contribution in [0.25, 0.3) is 0 Å². The van der Waals surface area contributed by atoms with Crippen LogP contribution in [-0.2, 0) is 0 Å². The number of hydrogen-bond acceptors (Lipinski definition) is 6. The van der Waals surface area contributed by atoms with Crippen molar-refractivity contribution in [1.82, 2.24) is 9.97 Å². The maximum Gasteiger partial charge on any atom is 0.282 e. The first kappa shape index (κ1) is 16.8. The third kappa shape index (κ3) is 3.15. The van der Waals surface area contributed by atoms with Crippen molar-refractivity contribution in [3.8, 4) is 17.2 Å². The van der Waals surface area contributed by atoms with Crippen LogP contribution in [-0.4, -0.2) is 36.3 Å². The second-order valence-electron chi connectivity index (χ2n) is 5.93. The Morgan fingerprint density at radius 2 is 2.20 bits per heavy atom. The van der Waals surface area contributed by atoms with Crippen LogP contribution in [0.1, 0.15) is 24.3 Å². The Hall–Kier alpha value is -3.03. The number of nitrogens with zero attached hydrogens (tertiary/aromatic N) is 2. The predicted octanol–water partition coefficient (Wildman–Crippen LogP) is 1.81. The van der Waals surface area contributed by atoms with Crippen molar-refractivity contribution in [2.24, 2.45) is 5.92 Å². The summed E-state index contributed by atoms with van der Waals surface area (Å²) in [6, 6.07) is 3.42. The summed E-state index contributed by atoms with van der Waals surface area (Å²) < 4.78 is 16.3. The molecule has 0 saturated heterocycles. The molecule has 0 atom stereocenters. The van der Waals surface area contributed by atoms with Gasteiger partial charge in [-0.1, -0.05) is 13.8 Å². The van der Waals surface area contributed by atoms with Crippen LogP contribution in [0, 0.1) is 5.92 Å². The minimum atomic E-state index is -0.541. The van der Waals surface area contributed by atoms with Gasteiger partial charge in [0.05, 0.1) is 12.8 Å². The molecule has 1 aromatic carbocycles. The van der Waals surface area contributed by atoms with E-state index in [4.69, 9.17) is 14.2 Å². The van der Waals surface area contributed by atoms with Gasteiger partial charge in [-0.15, -0.1) is 0 Å². The van der Waals surface area contributed by atoms with E-state index in [2.05, 4.69) is 9.97 Å². The summed E-state index contributed by atoms with van der Waals surface area (Å²) in [6.07, 6.45) is 2.76. The van der Waals surface area contributed by atoms with E-state index < -0.39 is 11.5 Å². The van der Waals surface area contributed by atoms with E-state index in [0.717, 1.165) is 0 Å². The van der Waals surface area contributed by atoms with Crippen molar-refractivity contribution < 1.29 is 19.0 Å². The Labute approximate surface area is 144 Å². The highest BCUT2D eigenvalue weighted by Crippen LogP contribution is 2.47. The van der Waals surface area contributed by atoms with Gasteiger partial charge in [-0.25, -0.2) is 4.98 Å². The van der Waals surface area contributed by atoms with Crippen molar-refractivity contribution in [3.05, 3.63) is 40.6 Å². The maximum atomic E-state index is 13.0. The molecule has 1 aliphatic heterocycles. The molecule has 3 rings (SSSR count). The number of fused-ring (bicyclic) bond motifs is 1. The summed E-state index contributed by atoms with van der Waals surface area (Å²) in [4.78, 5) is 32.8. The molecule has 0 bridgehead atoms. The third-order valence-electron chi connectivity index (χ3n) is 3.67.